The maximum Gasteiger partial charge on any atom is 0.434 e. The third kappa shape index (κ3) is 4.76. The molecular formula is C18H14F3NO3. The lowest BCUT2D eigenvalue weighted by atomic mass is 10.0. The fraction of sp³-hybridized carbons (Fsp3) is 0.167. The molecule has 0 unspecified atom stereocenters. The number of ketones is 1. The molecule has 4 nitrogen and oxygen atoms in total. The van der Waals surface area contributed by atoms with Crippen molar-refractivity contribution in [3.63, 3.8) is 0 Å². The van der Waals surface area contributed by atoms with Gasteiger partial charge in [-0.15, -0.1) is 0 Å². The van der Waals surface area contributed by atoms with Crippen molar-refractivity contribution in [2.24, 2.45) is 4.99 Å². The number of esters is 1. The van der Waals surface area contributed by atoms with Gasteiger partial charge in [0.25, 0.3) is 0 Å². The van der Waals surface area contributed by atoms with Gasteiger partial charge < -0.3 is 4.74 Å². The highest BCUT2D eigenvalue weighted by atomic mass is 19.4. The van der Waals surface area contributed by atoms with Crippen LogP contribution >= 0.6 is 0 Å². The molecule has 0 fully saturated rings. The zero-order valence-corrected chi connectivity index (χ0v) is 13.2. The highest BCUT2D eigenvalue weighted by molar-refractivity contribution is 6.20. The Morgan fingerprint density at radius 1 is 1.08 bits per heavy atom. The van der Waals surface area contributed by atoms with Gasteiger partial charge >= 0.3 is 12.1 Å². The van der Waals surface area contributed by atoms with Crippen LogP contribution in [0.2, 0.25) is 0 Å². The smallest absolute Gasteiger partial charge is 0.434 e. The number of rotatable bonds is 4. The summed E-state index contributed by atoms with van der Waals surface area (Å²) < 4.78 is 45.6. The van der Waals surface area contributed by atoms with Crippen molar-refractivity contribution >= 4 is 23.0 Å². The summed E-state index contributed by atoms with van der Waals surface area (Å²) in [6, 6.07) is 7.37. The van der Waals surface area contributed by atoms with E-state index in [0.29, 0.717) is 0 Å². The fourth-order valence-corrected chi connectivity index (χ4v) is 2.07. The van der Waals surface area contributed by atoms with Crippen LogP contribution < -0.4 is 0 Å². The van der Waals surface area contributed by atoms with Gasteiger partial charge in [-0.25, -0.2) is 9.79 Å². The Labute approximate surface area is 142 Å². The molecule has 0 amide bonds. The predicted octanol–water partition coefficient (Wildman–Crippen LogP) is 3.66. The maximum atomic E-state index is 13.6. The molecule has 0 N–H and O–H groups in total. The van der Waals surface area contributed by atoms with Gasteiger partial charge in [0.15, 0.2) is 11.5 Å². The fourth-order valence-electron chi connectivity index (χ4n) is 2.07. The molecule has 1 aliphatic rings. The van der Waals surface area contributed by atoms with Crippen LogP contribution in [0.5, 0.6) is 0 Å². The SMILES string of the molecule is CCOC(=O)/C(=C(/N=C1C=CC(=O)C=C1)C(F)(F)F)c1ccccc1. The quantitative estimate of drug-likeness (QED) is 0.474. The van der Waals surface area contributed by atoms with Crippen LogP contribution in [0.1, 0.15) is 12.5 Å². The number of carbonyl (C=O) groups excluding carboxylic acids is 2. The van der Waals surface area contributed by atoms with Gasteiger partial charge in [-0.3, -0.25) is 4.79 Å². The number of carbonyl (C=O) groups is 2. The number of ether oxygens (including phenoxy) is 1. The third-order valence-corrected chi connectivity index (χ3v) is 3.12. The van der Waals surface area contributed by atoms with Gasteiger partial charge in [0.2, 0.25) is 0 Å². The molecule has 130 valence electrons. The molecule has 0 spiro atoms. The van der Waals surface area contributed by atoms with Gasteiger partial charge in [-0.2, -0.15) is 13.2 Å². The topological polar surface area (TPSA) is 55.7 Å². The summed E-state index contributed by atoms with van der Waals surface area (Å²) in [5.74, 6) is -1.48. The van der Waals surface area contributed by atoms with E-state index in [4.69, 9.17) is 4.74 Å². The van der Waals surface area contributed by atoms with E-state index in [2.05, 4.69) is 4.99 Å². The average Bonchev–Trinajstić information content (AvgIpc) is 2.56. The first-order chi connectivity index (χ1) is 11.8. The number of nitrogens with zero attached hydrogens (tertiary/aromatic N) is 1. The van der Waals surface area contributed by atoms with Crippen LogP contribution in [0.4, 0.5) is 13.2 Å². The van der Waals surface area contributed by atoms with Gasteiger partial charge in [-0.05, 0) is 36.8 Å². The summed E-state index contributed by atoms with van der Waals surface area (Å²) in [6.07, 6.45) is -0.392. The van der Waals surface area contributed by atoms with Gasteiger partial charge in [0.05, 0.1) is 17.9 Å². The Balaban J connectivity index is 2.68. The molecule has 0 atom stereocenters. The average molecular weight is 349 g/mol. The standard InChI is InChI=1S/C18H14F3NO3/c1-2-25-17(24)15(12-6-4-3-5-7-12)16(18(19,20)21)22-13-8-10-14(23)11-9-13/h3-11H,2H2,1H3/b16-15+. The first kappa shape index (κ1) is 18.4. The van der Waals surface area contributed by atoms with Crippen LogP contribution in [-0.4, -0.2) is 30.2 Å². The van der Waals surface area contributed by atoms with Gasteiger partial charge in [-0.1, -0.05) is 30.3 Å². The molecule has 0 saturated heterocycles. The van der Waals surface area contributed by atoms with E-state index in [0.717, 1.165) is 24.3 Å². The molecule has 2 rings (SSSR count). The zero-order valence-electron chi connectivity index (χ0n) is 13.2. The van der Waals surface area contributed by atoms with E-state index in [1.807, 2.05) is 0 Å². The highest BCUT2D eigenvalue weighted by Crippen LogP contribution is 2.34. The summed E-state index contributed by atoms with van der Waals surface area (Å²) in [4.78, 5) is 26.9. The molecule has 0 aromatic heterocycles. The molecule has 0 heterocycles. The summed E-state index contributed by atoms with van der Waals surface area (Å²) >= 11 is 0. The van der Waals surface area contributed by atoms with Crippen molar-refractivity contribution in [3.05, 3.63) is 65.9 Å². The lowest BCUT2D eigenvalue weighted by Crippen LogP contribution is -2.19. The molecule has 1 aromatic rings. The number of alkyl halides is 3. The summed E-state index contributed by atoms with van der Waals surface area (Å²) in [7, 11) is 0. The van der Waals surface area contributed by atoms with Crippen molar-refractivity contribution in [2.75, 3.05) is 6.61 Å². The van der Waals surface area contributed by atoms with Crippen LogP contribution in [0, 0.1) is 0 Å². The number of halogens is 3. The molecule has 0 bridgehead atoms. The van der Waals surface area contributed by atoms with Crippen LogP contribution in [0.15, 0.2) is 65.3 Å². The van der Waals surface area contributed by atoms with Gasteiger partial charge in [0, 0.05) is 0 Å². The summed E-state index contributed by atoms with van der Waals surface area (Å²) in [5.41, 5.74) is -2.11. The largest absolute Gasteiger partial charge is 0.462 e. The van der Waals surface area contributed by atoms with E-state index >= 15 is 0 Å². The minimum Gasteiger partial charge on any atom is -0.462 e. The second-order valence-corrected chi connectivity index (χ2v) is 4.91. The minimum absolute atomic E-state index is 0.0393. The molecule has 7 heteroatoms. The zero-order chi connectivity index (χ0) is 18.4. The van der Waals surface area contributed by atoms with E-state index in [1.54, 1.807) is 6.07 Å². The normalized spacial score (nSPS) is 15.0. The molecule has 0 saturated carbocycles. The minimum atomic E-state index is -4.89. The molecule has 0 aliphatic heterocycles. The summed E-state index contributed by atoms with van der Waals surface area (Å²) in [5, 5.41) is 0. The second kappa shape index (κ2) is 7.74. The van der Waals surface area contributed by atoms with Crippen molar-refractivity contribution in [1.29, 1.82) is 0 Å². The molecular weight excluding hydrogens is 335 g/mol. The van der Waals surface area contributed by atoms with Crippen molar-refractivity contribution in [1.82, 2.24) is 0 Å². The first-order valence-corrected chi connectivity index (χ1v) is 7.35. The molecule has 25 heavy (non-hydrogen) atoms. The van der Waals surface area contributed by atoms with Gasteiger partial charge in [0.1, 0.15) is 0 Å². The monoisotopic (exact) mass is 349 g/mol. The summed E-state index contributed by atoms with van der Waals surface area (Å²) in [6.45, 7) is 1.42. The number of aliphatic imine (C=N–C) groups is 1. The Bertz CT molecular complexity index is 770. The Morgan fingerprint density at radius 3 is 2.20 bits per heavy atom. The number of hydrogen-bond acceptors (Lipinski definition) is 4. The lowest BCUT2D eigenvalue weighted by molar-refractivity contribution is -0.137. The van der Waals surface area contributed by atoms with Crippen LogP contribution in [0.25, 0.3) is 5.57 Å². The molecule has 1 aliphatic carbocycles. The third-order valence-electron chi connectivity index (χ3n) is 3.12. The van der Waals surface area contributed by atoms with Crippen LogP contribution in [-0.2, 0) is 14.3 Å². The second-order valence-electron chi connectivity index (χ2n) is 4.91. The van der Waals surface area contributed by atoms with E-state index in [-0.39, 0.29) is 23.7 Å². The van der Waals surface area contributed by atoms with Crippen molar-refractivity contribution in [2.45, 2.75) is 13.1 Å². The Kier molecular flexibility index (Phi) is 5.69. The van der Waals surface area contributed by atoms with Crippen molar-refractivity contribution in [3.8, 4) is 0 Å². The number of hydrogen-bond donors (Lipinski definition) is 0. The molecule has 1 aromatic carbocycles. The van der Waals surface area contributed by atoms with E-state index < -0.39 is 23.4 Å². The molecule has 0 radical (unpaired) electrons. The predicted molar refractivity (Wildman–Crippen MR) is 86.8 cm³/mol. The lowest BCUT2D eigenvalue weighted by Gasteiger charge is -2.15. The number of benzene rings is 1. The van der Waals surface area contributed by atoms with Crippen molar-refractivity contribution < 1.29 is 27.5 Å². The van der Waals surface area contributed by atoms with Crippen LogP contribution in [0.3, 0.4) is 0 Å². The maximum absolute atomic E-state index is 13.6. The number of allylic oxidation sites excluding steroid dienone is 5. The first-order valence-electron chi connectivity index (χ1n) is 7.35. The Morgan fingerprint density at radius 2 is 1.68 bits per heavy atom. The van der Waals surface area contributed by atoms with E-state index in [1.165, 1.54) is 31.2 Å². The van der Waals surface area contributed by atoms with E-state index in [9.17, 15) is 22.8 Å². The highest BCUT2D eigenvalue weighted by Gasteiger charge is 2.39. The Hall–Kier alpha value is -2.96.